The Labute approximate surface area is 154 Å². The van der Waals surface area contributed by atoms with Gasteiger partial charge in [0.1, 0.15) is 0 Å². The number of carboxylic acids is 1. The zero-order valence-electron chi connectivity index (χ0n) is 14.8. The number of benzene rings is 1. The van der Waals surface area contributed by atoms with Gasteiger partial charge in [-0.15, -0.1) is 0 Å². The van der Waals surface area contributed by atoms with Crippen LogP contribution in [0.15, 0.2) is 17.0 Å². The fourth-order valence-corrected chi connectivity index (χ4v) is 6.83. The Morgan fingerprint density at radius 3 is 2.73 bits per heavy atom. The molecule has 4 rings (SSSR count). The first-order chi connectivity index (χ1) is 12.5. The molecule has 2 saturated heterocycles. The predicted octanol–water partition coefficient (Wildman–Crippen LogP) is 2.45. The summed E-state index contributed by atoms with van der Waals surface area (Å²) in [4.78, 5) is 11.7. The molecule has 0 aromatic heterocycles. The zero-order chi connectivity index (χ0) is 18.3. The van der Waals surface area contributed by atoms with E-state index in [-0.39, 0.29) is 22.4 Å². The molecule has 0 amide bonds. The quantitative estimate of drug-likeness (QED) is 0.869. The van der Waals surface area contributed by atoms with Crippen molar-refractivity contribution in [3.05, 3.63) is 28.8 Å². The monoisotopic (exact) mass is 379 g/mol. The van der Waals surface area contributed by atoms with Crippen molar-refractivity contribution in [2.24, 2.45) is 5.92 Å². The summed E-state index contributed by atoms with van der Waals surface area (Å²) in [5.41, 5.74) is 1.77. The van der Waals surface area contributed by atoms with Crippen LogP contribution in [0.2, 0.25) is 0 Å². The van der Waals surface area contributed by atoms with Gasteiger partial charge < -0.3 is 9.84 Å². The fraction of sp³-hybridized carbons (Fsp3) is 0.632. The summed E-state index contributed by atoms with van der Waals surface area (Å²) in [6.45, 7) is 1.88. The van der Waals surface area contributed by atoms with Gasteiger partial charge in [-0.2, -0.15) is 4.31 Å². The van der Waals surface area contributed by atoms with Gasteiger partial charge in [0, 0.05) is 19.2 Å². The molecule has 2 aliphatic heterocycles. The second-order valence-corrected chi connectivity index (χ2v) is 9.43. The van der Waals surface area contributed by atoms with E-state index >= 15 is 0 Å². The third-order valence-electron chi connectivity index (χ3n) is 6.00. The van der Waals surface area contributed by atoms with Crippen molar-refractivity contribution in [3.63, 3.8) is 0 Å². The number of carboxylic acid groups (broad SMARTS) is 1. The third-order valence-corrected chi connectivity index (χ3v) is 7.99. The Bertz CT molecular complexity index is 813. The summed E-state index contributed by atoms with van der Waals surface area (Å²) < 4.78 is 34.2. The van der Waals surface area contributed by atoms with Gasteiger partial charge >= 0.3 is 5.97 Å². The number of rotatable bonds is 4. The molecule has 1 aliphatic carbocycles. The van der Waals surface area contributed by atoms with Crippen molar-refractivity contribution in [1.82, 2.24) is 4.31 Å². The van der Waals surface area contributed by atoms with E-state index in [1.165, 1.54) is 6.07 Å². The predicted molar refractivity (Wildman–Crippen MR) is 95.9 cm³/mol. The van der Waals surface area contributed by atoms with Crippen molar-refractivity contribution in [3.8, 4) is 0 Å². The van der Waals surface area contributed by atoms with E-state index in [9.17, 15) is 18.3 Å². The molecule has 2 unspecified atom stereocenters. The van der Waals surface area contributed by atoms with Gasteiger partial charge in [-0.05, 0) is 74.1 Å². The van der Waals surface area contributed by atoms with Gasteiger partial charge in [0.25, 0.3) is 0 Å². The molecule has 0 saturated carbocycles. The summed E-state index contributed by atoms with van der Waals surface area (Å²) in [7, 11) is -3.70. The van der Waals surface area contributed by atoms with Crippen LogP contribution < -0.4 is 0 Å². The topological polar surface area (TPSA) is 83.9 Å². The van der Waals surface area contributed by atoms with Gasteiger partial charge in [0.05, 0.1) is 17.1 Å². The maximum atomic E-state index is 13.5. The largest absolute Gasteiger partial charge is 0.478 e. The third kappa shape index (κ3) is 3.06. The van der Waals surface area contributed by atoms with Gasteiger partial charge in [-0.1, -0.05) is 0 Å². The number of hydrogen-bond acceptors (Lipinski definition) is 4. The summed E-state index contributed by atoms with van der Waals surface area (Å²) in [6.07, 6.45) is 5.99. The normalized spacial score (nSPS) is 26.8. The minimum atomic E-state index is -3.70. The first-order valence-corrected chi connectivity index (χ1v) is 10.9. The molecular formula is C19H25NO5S. The van der Waals surface area contributed by atoms with Crippen LogP contribution in [0.3, 0.4) is 0 Å². The molecule has 0 radical (unpaired) electrons. The average Bonchev–Trinajstić information content (AvgIpc) is 3.30. The highest BCUT2D eigenvalue weighted by Gasteiger charge is 2.41. The van der Waals surface area contributed by atoms with Crippen LogP contribution in [0.1, 0.15) is 53.6 Å². The number of aromatic carboxylic acids is 1. The van der Waals surface area contributed by atoms with Gasteiger partial charge in [0.2, 0.25) is 10.0 Å². The molecule has 6 nitrogen and oxygen atoms in total. The fourth-order valence-electron chi connectivity index (χ4n) is 4.75. The Balaban J connectivity index is 1.73. The second-order valence-electron chi connectivity index (χ2n) is 7.57. The molecule has 26 heavy (non-hydrogen) atoms. The lowest BCUT2D eigenvalue weighted by Gasteiger charge is -2.33. The minimum Gasteiger partial charge on any atom is -0.478 e. The van der Waals surface area contributed by atoms with Crippen molar-refractivity contribution in [2.45, 2.75) is 55.9 Å². The molecule has 2 atom stereocenters. The number of nitrogens with zero attached hydrogens (tertiary/aromatic N) is 1. The van der Waals surface area contributed by atoms with Crippen LogP contribution in [0.4, 0.5) is 0 Å². The van der Waals surface area contributed by atoms with Gasteiger partial charge in [-0.3, -0.25) is 0 Å². The van der Waals surface area contributed by atoms with Crippen LogP contribution in [0, 0.1) is 5.92 Å². The van der Waals surface area contributed by atoms with Crippen molar-refractivity contribution >= 4 is 16.0 Å². The lowest BCUT2D eigenvalue weighted by atomic mass is 9.93. The van der Waals surface area contributed by atoms with Gasteiger partial charge in [-0.25, -0.2) is 13.2 Å². The highest BCUT2D eigenvalue weighted by molar-refractivity contribution is 7.89. The molecular weight excluding hydrogens is 354 g/mol. The Kier molecular flexibility index (Phi) is 4.79. The first kappa shape index (κ1) is 17.9. The van der Waals surface area contributed by atoms with Crippen LogP contribution in [-0.4, -0.2) is 49.6 Å². The zero-order valence-corrected chi connectivity index (χ0v) is 15.6. The van der Waals surface area contributed by atoms with Crippen LogP contribution in [0.5, 0.6) is 0 Å². The number of carbonyl (C=O) groups is 1. The van der Waals surface area contributed by atoms with Gasteiger partial charge in [0.15, 0.2) is 0 Å². The number of hydrogen-bond donors (Lipinski definition) is 1. The number of ether oxygens (including phenoxy) is 1. The van der Waals surface area contributed by atoms with Crippen molar-refractivity contribution < 1.29 is 23.1 Å². The molecule has 2 heterocycles. The number of fused-ring (bicyclic) bond motifs is 1. The number of aryl methyl sites for hydroxylation is 1. The standard InChI is InChI=1S/C19H25NO5S/c21-19(22)15-10-13-4-1-6-16(13)18(11-15)26(23,24)20-8-2-7-17(20)14-5-3-9-25-12-14/h10-11,14,17H,1-9,12H2,(H,21,22). The molecule has 7 heteroatoms. The molecule has 2 fully saturated rings. The number of sulfonamides is 1. The van der Waals surface area contributed by atoms with Crippen molar-refractivity contribution in [2.75, 3.05) is 19.8 Å². The Morgan fingerprint density at radius 1 is 1.15 bits per heavy atom. The highest BCUT2D eigenvalue weighted by Crippen LogP contribution is 2.37. The second kappa shape index (κ2) is 6.94. The maximum absolute atomic E-state index is 13.5. The Hall–Kier alpha value is -1.44. The summed E-state index contributed by atoms with van der Waals surface area (Å²) in [5, 5.41) is 9.40. The smallest absolute Gasteiger partial charge is 0.335 e. The molecule has 1 aromatic rings. The molecule has 0 spiro atoms. The summed E-state index contributed by atoms with van der Waals surface area (Å²) in [5.74, 6) is -0.841. The molecule has 3 aliphatic rings. The molecule has 0 bridgehead atoms. The molecule has 142 valence electrons. The first-order valence-electron chi connectivity index (χ1n) is 9.47. The van der Waals surface area contributed by atoms with E-state index in [1.807, 2.05) is 0 Å². The average molecular weight is 379 g/mol. The minimum absolute atomic E-state index is 0.0363. The van der Waals surface area contributed by atoms with Crippen molar-refractivity contribution in [1.29, 1.82) is 0 Å². The van der Waals surface area contributed by atoms with E-state index in [1.54, 1.807) is 10.4 Å². The summed E-state index contributed by atoms with van der Waals surface area (Å²) in [6, 6.07) is 2.97. The maximum Gasteiger partial charge on any atom is 0.335 e. The van der Waals surface area contributed by atoms with E-state index in [0.29, 0.717) is 19.6 Å². The summed E-state index contributed by atoms with van der Waals surface area (Å²) >= 11 is 0. The lowest BCUT2D eigenvalue weighted by Crippen LogP contribution is -2.43. The molecule has 1 aromatic carbocycles. The Morgan fingerprint density at radius 2 is 2.00 bits per heavy atom. The van der Waals surface area contributed by atoms with Crippen LogP contribution in [-0.2, 0) is 27.6 Å². The SMILES string of the molecule is O=C(O)c1cc2c(c(S(=O)(=O)N3CCCC3C3CCCOC3)c1)CCC2. The highest BCUT2D eigenvalue weighted by atomic mass is 32.2. The van der Waals surface area contributed by atoms with E-state index in [4.69, 9.17) is 4.74 Å². The van der Waals surface area contributed by atoms with Crippen LogP contribution >= 0.6 is 0 Å². The van der Waals surface area contributed by atoms with E-state index < -0.39 is 16.0 Å². The molecule has 1 N–H and O–H groups in total. The van der Waals surface area contributed by atoms with Crippen LogP contribution in [0.25, 0.3) is 0 Å². The van der Waals surface area contributed by atoms with E-state index in [0.717, 1.165) is 56.3 Å². The lowest BCUT2D eigenvalue weighted by molar-refractivity contribution is 0.0323. The van der Waals surface area contributed by atoms with E-state index in [2.05, 4.69) is 0 Å².